The molecule has 0 aliphatic carbocycles. The highest BCUT2D eigenvalue weighted by Crippen LogP contribution is 2.24. The van der Waals surface area contributed by atoms with Crippen LogP contribution in [0.2, 0.25) is 0 Å². The van der Waals surface area contributed by atoms with E-state index < -0.39 is 0 Å². The molecule has 4 heteroatoms. The summed E-state index contributed by atoms with van der Waals surface area (Å²) in [5.74, 6) is 0.351. The number of halogens is 1. The van der Waals surface area contributed by atoms with Gasteiger partial charge in [0.2, 0.25) is 0 Å². The topological polar surface area (TPSA) is 44.5 Å². The van der Waals surface area contributed by atoms with E-state index in [2.05, 4.69) is 0 Å². The molecule has 1 unspecified atom stereocenters. The van der Waals surface area contributed by atoms with Crippen molar-refractivity contribution in [1.82, 2.24) is 0 Å². The van der Waals surface area contributed by atoms with Gasteiger partial charge in [-0.15, -0.1) is 0 Å². The Balaban J connectivity index is 2.64. The third-order valence-electron chi connectivity index (χ3n) is 2.21. The maximum atomic E-state index is 13.0. The van der Waals surface area contributed by atoms with Crippen LogP contribution in [0.1, 0.15) is 24.9 Å². The molecule has 0 saturated carbocycles. The first-order valence-corrected chi connectivity index (χ1v) is 5.32. The number of benzene rings is 1. The van der Waals surface area contributed by atoms with E-state index in [0.717, 1.165) is 6.42 Å². The Morgan fingerprint density at radius 2 is 2.12 bits per heavy atom. The van der Waals surface area contributed by atoms with Gasteiger partial charge in [-0.2, -0.15) is 0 Å². The summed E-state index contributed by atoms with van der Waals surface area (Å²) in [4.78, 5) is 0. The SMILES string of the molecule is COCCCOc1ccc(F)cc1C(C)N. The van der Waals surface area contributed by atoms with Crippen LogP contribution in [0.5, 0.6) is 5.75 Å². The predicted molar refractivity (Wildman–Crippen MR) is 61.0 cm³/mol. The molecule has 0 heterocycles. The second-order valence-corrected chi connectivity index (χ2v) is 3.67. The van der Waals surface area contributed by atoms with E-state index in [9.17, 15) is 4.39 Å². The summed E-state index contributed by atoms with van der Waals surface area (Å²) in [5.41, 5.74) is 6.43. The van der Waals surface area contributed by atoms with Crippen LogP contribution >= 0.6 is 0 Å². The zero-order valence-corrected chi connectivity index (χ0v) is 9.70. The van der Waals surface area contributed by atoms with Gasteiger partial charge in [0.05, 0.1) is 6.61 Å². The summed E-state index contributed by atoms with van der Waals surface area (Å²) in [5, 5.41) is 0. The van der Waals surface area contributed by atoms with Crippen LogP contribution in [0.4, 0.5) is 4.39 Å². The number of nitrogens with two attached hydrogens (primary N) is 1. The van der Waals surface area contributed by atoms with Crippen LogP contribution in [-0.2, 0) is 4.74 Å². The molecule has 1 aromatic rings. The molecule has 0 aliphatic heterocycles. The Labute approximate surface area is 95.4 Å². The quantitative estimate of drug-likeness (QED) is 0.758. The molecule has 0 fully saturated rings. The van der Waals surface area contributed by atoms with Crippen LogP contribution in [-0.4, -0.2) is 20.3 Å². The molecule has 0 bridgehead atoms. The normalized spacial score (nSPS) is 12.5. The molecule has 90 valence electrons. The van der Waals surface area contributed by atoms with E-state index in [0.29, 0.717) is 24.5 Å². The highest BCUT2D eigenvalue weighted by molar-refractivity contribution is 5.36. The van der Waals surface area contributed by atoms with Crippen molar-refractivity contribution in [2.75, 3.05) is 20.3 Å². The maximum absolute atomic E-state index is 13.0. The maximum Gasteiger partial charge on any atom is 0.124 e. The summed E-state index contributed by atoms with van der Waals surface area (Å²) >= 11 is 0. The Hall–Kier alpha value is -1.13. The summed E-state index contributed by atoms with van der Waals surface area (Å²) in [6.45, 7) is 2.99. The molecule has 0 spiro atoms. The highest BCUT2D eigenvalue weighted by Gasteiger charge is 2.09. The molecule has 1 aromatic carbocycles. The Bertz CT molecular complexity index is 329. The van der Waals surface area contributed by atoms with Crippen molar-refractivity contribution in [3.05, 3.63) is 29.6 Å². The molecule has 1 rings (SSSR count). The van der Waals surface area contributed by atoms with Gasteiger partial charge in [-0.3, -0.25) is 0 Å². The van der Waals surface area contributed by atoms with Crippen molar-refractivity contribution in [3.63, 3.8) is 0 Å². The number of rotatable bonds is 6. The van der Waals surface area contributed by atoms with Gasteiger partial charge < -0.3 is 15.2 Å². The van der Waals surface area contributed by atoms with E-state index in [-0.39, 0.29) is 11.9 Å². The van der Waals surface area contributed by atoms with Crippen molar-refractivity contribution in [1.29, 1.82) is 0 Å². The molecule has 0 saturated heterocycles. The first kappa shape index (κ1) is 12.9. The molecule has 0 aromatic heterocycles. The predicted octanol–water partition coefficient (Wildman–Crippen LogP) is 2.26. The fraction of sp³-hybridized carbons (Fsp3) is 0.500. The van der Waals surface area contributed by atoms with Gasteiger partial charge >= 0.3 is 0 Å². The summed E-state index contributed by atoms with van der Waals surface area (Å²) in [6, 6.07) is 4.16. The minimum atomic E-state index is -0.295. The first-order valence-electron chi connectivity index (χ1n) is 5.32. The Kier molecular flexibility index (Phi) is 5.22. The standard InChI is InChI=1S/C12H18FNO2/c1-9(14)11-8-10(13)4-5-12(11)16-7-3-6-15-2/h4-5,8-9H,3,6-7,14H2,1-2H3. The van der Waals surface area contributed by atoms with Crippen LogP contribution in [0, 0.1) is 5.82 Å². The molecule has 3 nitrogen and oxygen atoms in total. The van der Waals surface area contributed by atoms with Crippen LogP contribution in [0.15, 0.2) is 18.2 Å². The Morgan fingerprint density at radius 1 is 1.38 bits per heavy atom. The number of hydrogen-bond donors (Lipinski definition) is 1. The van der Waals surface area contributed by atoms with Crippen LogP contribution < -0.4 is 10.5 Å². The zero-order chi connectivity index (χ0) is 12.0. The van der Waals surface area contributed by atoms with Crippen molar-refractivity contribution in [2.24, 2.45) is 5.73 Å². The van der Waals surface area contributed by atoms with Crippen molar-refractivity contribution < 1.29 is 13.9 Å². The zero-order valence-electron chi connectivity index (χ0n) is 9.70. The first-order chi connectivity index (χ1) is 7.65. The van der Waals surface area contributed by atoms with Crippen LogP contribution in [0.3, 0.4) is 0 Å². The van der Waals surface area contributed by atoms with E-state index in [1.165, 1.54) is 12.1 Å². The van der Waals surface area contributed by atoms with E-state index in [4.69, 9.17) is 15.2 Å². The average molecular weight is 227 g/mol. The van der Waals surface area contributed by atoms with E-state index in [1.54, 1.807) is 20.1 Å². The van der Waals surface area contributed by atoms with Gasteiger partial charge in [0.15, 0.2) is 0 Å². The van der Waals surface area contributed by atoms with Gasteiger partial charge in [-0.25, -0.2) is 4.39 Å². The average Bonchev–Trinajstić information content (AvgIpc) is 2.26. The van der Waals surface area contributed by atoms with E-state index >= 15 is 0 Å². The number of ether oxygens (including phenoxy) is 2. The molecule has 16 heavy (non-hydrogen) atoms. The van der Waals surface area contributed by atoms with Gasteiger partial charge in [0.1, 0.15) is 11.6 Å². The second kappa shape index (κ2) is 6.45. The molecular formula is C12H18FNO2. The molecule has 0 aliphatic rings. The fourth-order valence-electron chi connectivity index (χ4n) is 1.39. The van der Waals surface area contributed by atoms with Gasteiger partial charge in [0.25, 0.3) is 0 Å². The van der Waals surface area contributed by atoms with E-state index in [1.807, 2.05) is 0 Å². The van der Waals surface area contributed by atoms with Gasteiger partial charge in [0, 0.05) is 31.7 Å². The lowest BCUT2D eigenvalue weighted by Gasteiger charge is -2.13. The third-order valence-corrected chi connectivity index (χ3v) is 2.21. The fourth-order valence-corrected chi connectivity index (χ4v) is 1.39. The minimum Gasteiger partial charge on any atom is -0.493 e. The molecule has 2 N–H and O–H groups in total. The van der Waals surface area contributed by atoms with Crippen LogP contribution in [0.25, 0.3) is 0 Å². The Morgan fingerprint density at radius 3 is 2.75 bits per heavy atom. The van der Waals surface area contributed by atoms with Crippen molar-refractivity contribution in [2.45, 2.75) is 19.4 Å². The molecular weight excluding hydrogens is 209 g/mol. The molecule has 1 atom stereocenters. The van der Waals surface area contributed by atoms with Gasteiger partial charge in [-0.1, -0.05) is 0 Å². The van der Waals surface area contributed by atoms with Gasteiger partial charge in [-0.05, 0) is 25.1 Å². The monoisotopic (exact) mass is 227 g/mol. The summed E-state index contributed by atoms with van der Waals surface area (Å²) in [6.07, 6.45) is 0.798. The summed E-state index contributed by atoms with van der Waals surface area (Å²) in [7, 11) is 1.64. The second-order valence-electron chi connectivity index (χ2n) is 3.67. The number of hydrogen-bond acceptors (Lipinski definition) is 3. The van der Waals surface area contributed by atoms with Crippen molar-refractivity contribution >= 4 is 0 Å². The smallest absolute Gasteiger partial charge is 0.124 e. The highest BCUT2D eigenvalue weighted by atomic mass is 19.1. The summed E-state index contributed by atoms with van der Waals surface area (Å²) < 4.78 is 23.5. The lowest BCUT2D eigenvalue weighted by molar-refractivity contribution is 0.171. The van der Waals surface area contributed by atoms with Crippen molar-refractivity contribution in [3.8, 4) is 5.75 Å². The minimum absolute atomic E-state index is 0.242. The largest absolute Gasteiger partial charge is 0.493 e. The third kappa shape index (κ3) is 3.79. The number of methoxy groups -OCH3 is 1. The molecule has 0 radical (unpaired) electrons. The molecule has 0 amide bonds. The lowest BCUT2D eigenvalue weighted by Crippen LogP contribution is -2.09. The lowest BCUT2D eigenvalue weighted by atomic mass is 10.1.